The molecule has 2 aromatic carbocycles. The van der Waals surface area contributed by atoms with Crippen molar-refractivity contribution in [2.24, 2.45) is 0 Å². The van der Waals surface area contributed by atoms with Crippen LogP contribution in [0.1, 0.15) is 16.8 Å². The highest BCUT2D eigenvalue weighted by atomic mass is 79.9. The molecule has 30 heavy (non-hydrogen) atoms. The molecule has 0 aliphatic carbocycles. The first kappa shape index (κ1) is 21.6. The largest absolute Gasteiger partial charge is 0.497 e. The van der Waals surface area contributed by atoms with E-state index in [-0.39, 0.29) is 18.0 Å². The smallest absolute Gasteiger partial charge is 0.270 e. The Morgan fingerprint density at radius 3 is 2.30 bits per heavy atom. The predicted molar refractivity (Wildman–Crippen MR) is 118 cm³/mol. The number of nitrogens with zero attached hydrogens (tertiary/aromatic N) is 2. The molecule has 1 aromatic heterocycles. The minimum atomic E-state index is -0.327. The van der Waals surface area contributed by atoms with Gasteiger partial charge in [-0.3, -0.25) is 9.59 Å². The summed E-state index contributed by atoms with van der Waals surface area (Å²) >= 11 is 3.35. The fraction of sp³-hybridized carbons (Fsp3) is 0.227. The summed E-state index contributed by atoms with van der Waals surface area (Å²) < 4.78 is 12.7. The van der Waals surface area contributed by atoms with E-state index in [1.807, 2.05) is 24.3 Å². The molecule has 0 fully saturated rings. The number of nitrogens with one attached hydrogen (secondary N) is 1. The molecule has 0 saturated carbocycles. The van der Waals surface area contributed by atoms with Crippen LogP contribution < -0.4 is 20.3 Å². The van der Waals surface area contributed by atoms with E-state index in [0.29, 0.717) is 34.9 Å². The van der Waals surface area contributed by atoms with Crippen LogP contribution in [0.25, 0.3) is 0 Å². The Balaban J connectivity index is 1.82. The topological polar surface area (TPSA) is 82.5 Å². The second-order valence-electron chi connectivity index (χ2n) is 6.73. The minimum Gasteiger partial charge on any atom is -0.497 e. The molecule has 156 valence electrons. The molecule has 3 rings (SSSR count). The van der Waals surface area contributed by atoms with Crippen molar-refractivity contribution in [1.29, 1.82) is 0 Å². The molecule has 0 unspecified atom stereocenters. The molecule has 3 aromatic rings. The van der Waals surface area contributed by atoms with Crippen LogP contribution in [0.5, 0.6) is 11.5 Å². The molecular formula is C22H22BrN3O4. The molecule has 0 bridgehead atoms. The summed E-state index contributed by atoms with van der Waals surface area (Å²) in [5.41, 5.74) is 2.38. The van der Waals surface area contributed by atoms with Crippen LogP contribution in [0.3, 0.4) is 0 Å². The number of aromatic nitrogens is 2. The van der Waals surface area contributed by atoms with E-state index >= 15 is 0 Å². The average Bonchev–Trinajstić information content (AvgIpc) is 2.72. The lowest BCUT2D eigenvalue weighted by atomic mass is 10.1. The lowest BCUT2D eigenvalue weighted by molar-refractivity contribution is -0.117. The van der Waals surface area contributed by atoms with Gasteiger partial charge in [0.05, 0.1) is 19.9 Å². The quantitative estimate of drug-likeness (QED) is 0.569. The van der Waals surface area contributed by atoms with E-state index in [1.54, 1.807) is 45.4 Å². The van der Waals surface area contributed by atoms with E-state index in [2.05, 4.69) is 26.3 Å². The van der Waals surface area contributed by atoms with Gasteiger partial charge in [-0.2, -0.15) is 5.10 Å². The molecule has 1 N–H and O–H groups in total. The summed E-state index contributed by atoms with van der Waals surface area (Å²) in [5.74, 6) is 0.959. The lowest BCUT2D eigenvalue weighted by Gasteiger charge is -2.11. The predicted octanol–water partition coefficient (Wildman–Crippen LogP) is 3.56. The number of carbonyl (C=O) groups is 1. The van der Waals surface area contributed by atoms with Crippen molar-refractivity contribution < 1.29 is 14.3 Å². The van der Waals surface area contributed by atoms with Crippen LogP contribution in [-0.4, -0.2) is 29.9 Å². The highest BCUT2D eigenvalue weighted by molar-refractivity contribution is 9.10. The van der Waals surface area contributed by atoms with Crippen molar-refractivity contribution in [1.82, 2.24) is 9.78 Å². The van der Waals surface area contributed by atoms with E-state index in [4.69, 9.17) is 9.47 Å². The third kappa shape index (κ3) is 5.48. The van der Waals surface area contributed by atoms with Crippen LogP contribution in [0.2, 0.25) is 0 Å². The number of carbonyl (C=O) groups excluding carboxylic acids is 1. The standard InChI is InChI=1S/C22H22BrN3O4/c1-14-8-16(9-15-10-19(29-2)12-20(11-15)30-3)22(28)26(25-14)13-21(27)24-18-6-4-17(23)5-7-18/h4-8,10-12H,9,13H2,1-3H3,(H,24,27). The monoisotopic (exact) mass is 471 g/mol. The van der Waals surface area contributed by atoms with Gasteiger partial charge in [-0.05, 0) is 55.0 Å². The molecule has 0 atom stereocenters. The SMILES string of the molecule is COc1cc(Cc2cc(C)nn(CC(=O)Nc3ccc(Br)cc3)c2=O)cc(OC)c1. The Labute approximate surface area is 182 Å². The highest BCUT2D eigenvalue weighted by Crippen LogP contribution is 2.23. The number of rotatable bonds is 7. The highest BCUT2D eigenvalue weighted by Gasteiger charge is 2.12. The van der Waals surface area contributed by atoms with Crippen LogP contribution >= 0.6 is 15.9 Å². The number of benzene rings is 2. The number of anilines is 1. The number of halogens is 1. The Morgan fingerprint density at radius 1 is 1.07 bits per heavy atom. The first-order chi connectivity index (χ1) is 14.4. The maximum atomic E-state index is 12.9. The fourth-order valence-electron chi connectivity index (χ4n) is 3.04. The maximum absolute atomic E-state index is 12.9. The molecular weight excluding hydrogens is 450 g/mol. The van der Waals surface area contributed by atoms with Gasteiger partial charge in [-0.1, -0.05) is 15.9 Å². The zero-order chi connectivity index (χ0) is 21.7. The minimum absolute atomic E-state index is 0.176. The second-order valence-corrected chi connectivity index (χ2v) is 7.64. The third-order valence-electron chi connectivity index (χ3n) is 4.40. The van der Waals surface area contributed by atoms with Crippen LogP contribution in [0.4, 0.5) is 5.69 Å². The first-order valence-corrected chi connectivity index (χ1v) is 10.0. The van der Waals surface area contributed by atoms with Gasteiger partial charge in [0, 0.05) is 28.2 Å². The number of ether oxygens (including phenoxy) is 2. The second kappa shape index (κ2) is 9.58. The summed E-state index contributed by atoms with van der Waals surface area (Å²) in [6.07, 6.45) is 0.365. The molecule has 1 heterocycles. The van der Waals surface area contributed by atoms with Gasteiger partial charge in [-0.25, -0.2) is 4.68 Å². The summed E-state index contributed by atoms with van der Waals surface area (Å²) in [5, 5.41) is 7.00. The maximum Gasteiger partial charge on any atom is 0.270 e. The van der Waals surface area contributed by atoms with Crippen molar-refractivity contribution in [2.75, 3.05) is 19.5 Å². The summed E-state index contributed by atoms with van der Waals surface area (Å²) in [7, 11) is 3.15. The molecule has 8 heteroatoms. The zero-order valence-corrected chi connectivity index (χ0v) is 18.5. The van der Waals surface area contributed by atoms with E-state index in [9.17, 15) is 9.59 Å². The first-order valence-electron chi connectivity index (χ1n) is 9.23. The van der Waals surface area contributed by atoms with E-state index in [1.165, 1.54) is 4.68 Å². The van der Waals surface area contributed by atoms with E-state index in [0.717, 1.165) is 10.0 Å². The van der Waals surface area contributed by atoms with Gasteiger partial charge in [-0.15, -0.1) is 0 Å². The lowest BCUT2D eigenvalue weighted by Crippen LogP contribution is -2.32. The Bertz CT molecular complexity index is 1090. The third-order valence-corrected chi connectivity index (χ3v) is 4.93. The van der Waals surface area contributed by atoms with Crippen molar-refractivity contribution in [2.45, 2.75) is 19.9 Å². The normalized spacial score (nSPS) is 10.5. The number of amides is 1. The summed E-state index contributed by atoms with van der Waals surface area (Å²) in [6.45, 7) is 1.61. The summed E-state index contributed by atoms with van der Waals surface area (Å²) in [4.78, 5) is 25.3. The number of methoxy groups -OCH3 is 2. The molecule has 0 radical (unpaired) electrons. The van der Waals surface area contributed by atoms with Gasteiger partial charge >= 0.3 is 0 Å². The van der Waals surface area contributed by atoms with Crippen molar-refractivity contribution in [3.63, 3.8) is 0 Å². The molecule has 0 spiro atoms. The van der Waals surface area contributed by atoms with Gasteiger partial charge in [0.25, 0.3) is 5.56 Å². The fourth-order valence-corrected chi connectivity index (χ4v) is 3.30. The van der Waals surface area contributed by atoms with Crippen LogP contribution in [0, 0.1) is 6.92 Å². The average molecular weight is 472 g/mol. The van der Waals surface area contributed by atoms with Gasteiger partial charge in [0.1, 0.15) is 18.0 Å². The number of hydrogen-bond acceptors (Lipinski definition) is 5. The van der Waals surface area contributed by atoms with E-state index < -0.39 is 0 Å². The van der Waals surface area contributed by atoms with Crippen molar-refractivity contribution >= 4 is 27.5 Å². The number of aryl methyl sites for hydroxylation is 1. The number of hydrogen-bond donors (Lipinski definition) is 1. The Hall–Kier alpha value is -3.13. The summed E-state index contributed by atoms with van der Waals surface area (Å²) in [6, 6.07) is 14.4. The van der Waals surface area contributed by atoms with Crippen molar-refractivity contribution in [3.8, 4) is 11.5 Å². The van der Waals surface area contributed by atoms with Crippen LogP contribution in [0.15, 0.2) is 57.8 Å². The Kier molecular flexibility index (Phi) is 6.89. The molecule has 1 amide bonds. The Morgan fingerprint density at radius 2 is 1.70 bits per heavy atom. The van der Waals surface area contributed by atoms with Crippen molar-refractivity contribution in [3.05, 3.63) is 80.2 Å². The molecule has 7 nitrogen and oxygen atoms in total. The van der Waals surface area contributed by atoms with Gasteiger partial charge in [0.15, 0.2) is 0 Å². The molecule has 0 saturated heterocycles. The van der Waals surface area contributed by atoms with Crippen LogP contribution in [-0.2, 0) is 17.8 Å². The molecule has 0 aliphatic rings. The zero-order valence-electron chi connectivity index (χ0n) is 16.9. The van der Waals surface area contributed by atoms with Gasteiger partial charge in [0.2, 0.25) is 5.91 Å². The molecule has 0 aliphatic heterocycles. The van der Waals surface area contributed by atoms with Gasteiger partial charge < -0.3 is 14.8 Å².